The summed E-state index contributed by atoms with van der Waals surface area (Å²) < 4.78 is 0. The van der Waals surface area contributed by atoms with Crippen LogP contribution in [0.25, 0.3) is 0 Å². The minimum Gasteiger partial charge on any atom is -0.400 e. The summed E-state index contributed by atoms with van der Waals surface area (Å²) in [6.45, 7) is 5.20. The van der Waals surface area contributed by atoms with Gasteiger partial charge >= 0.3 is 0 Å². The minimum absolute atomic E-state index is 0.350. The Morgan fingerprint density at radius 1 is 2.00 bits per heavy atom. The topological polar surface area (TPSA) is 46.2 Å². The van der Waals surface area contributed by atoms with E-state index in [1.807, 2.05) is 6.92 Å². The van der Waals surface area contributed by atoms with Gasteiger partial charge in [-0.05, 0) is 6.42 Å². The molecule has 2 nitrogen and oxygen atoms in total. The summed E-state index contributed by atoms with van der Waals surface area (Å²) in [5.41, 5.74) is 5.45. The van der Waals surface area contributed by atoms with Gasteiger partial charge in [0.1, 0.15) is 0 Å². The van der Waals surface area contributed by atoms with Crippen LogP contribution in [0.3, 0.4) is 0 Å². The molecular weight excluding hydrogens is 90.1 g/mol. The molecule has 42 valence electrons. The van der Waals surface area contributed by atoms with Crippen molar-refractivity contribution in [1.29, 1.82) is 0 Å². The first kappa shape index (κ1) is 6.50. The highest BCUT2D eigenvalue weighted by Gasteiger charge is 1.97. The van der Waals surface area contributed by atoms with E-state index in [-0.39, 0.29) is 0 Å². The van der Waals surface area contributed by atoms with Gasteiger partial charge in [0.2, 0.25) is 0 Å². The fourth-order valence-electron chi connectivity index (χ4n) is 0.262. The van der Waals surface area contributed by atoms with Crippen molar-refractivity contribution in [3.63, 3.8) is 0 Å². The SMILES string of the molecule is C=C(N)C(O)CC. The lowest BCUT2D eigenvalue weighted by Crippen LogP contribution is -2.14. The van der Waals surface area contributed by atoms with E-state index in [0.29, 0.717) is 12.1 Å². The van der Waals surface area contributed by atoms with Gasteiger partial charge in [-0.1, -0.05) is 13.5 Å². The van der Waals surface area contributed by atoms with Crippen LogP contribution in [0.5, 0.6) is 0 Å². The summed E-state index contributed by atoms with van der Waals surface area (Å²) in [4.78, 5) is 0. The summed E-state index contributed by atoms with van der Waals surface area (Å²) in [5, 5.41) is 8.71. The van der Waals surface area contributed by atoms with Gasteiger partial charge in [0.05, 0.1) is 6.10 Å². The van der Waals surface area contributed by atoms with E-state index in [9.17, 15) is 0 Å². The quantitative estimate of drug-likeness (QED) is 0.523. The summed E-state index contributed by atoms with van der Waals surface area (Å²) in [6, 6.07) is 0. The van der Waals surface area contributed by atoms with E-state index in [0.717, 1.165) is 0 Å². The first-order valence-electron chi connectivity index (χ1n) is 2.30. The predicted octanol–water partition coefficient (Wildman–Crippen LogP) is 0.230. The second-order valence-corrected chi connectivity index (χ2v) is 1.50. The molecule has 1 unspecified atom stereocenters. The molecule has 0 aromatic rings. The van der Waals surface area contributed by atoms with Gasteiger partial charge in [-0.2, -0.15) is 0 Å². The summed E-state index contributed by atoms with van der Waals surface area (Å²) in [6.07, 6.45) is 0.134. The molecule has 0 saturated heterocycles. The van der Waals surface area contributed by atoms with Gasteiger partial charge in [0.25, 0.3) is 0 Å². The lowest BCUT2D eigenvalue weighted by atomic mass is 10.2. The molecule has 0 aromatic heterocycles. The number of hydrogen-bond donors (Lipinski definition) is 2. The zero-order valence-corrected chi connectivity index (χ0v) is 4.52. The monoisotopic (exact) mass is 101 g/mol. The molecule has 0 spiro atoms. The lowest BCUT2D eigenvalue weighted by molar-refractivity contribution is 0.205. The molecule has 2 heteroatoms. The Morgan fingerprint density at radius 2 is 2.43 bits per heavy atom. The van der Waals surface area contributed by atoms with Crippen LogP contribution in [-0.4, -0.2) is 11.2 Å². The molecule has 7 heavy (non-hydrogen) atoms. The van der Waals surface area contributed by atoms with Crippen LogP contribution in [0.15, 0.2) is 12.3 Å². The van der Waals surface area contributed by atoms with Crippen molar-refractivity contribution in [3.8, 4) is 0 Å². The predicted molar refractivity (Wildman–Crippen MR) is 29.6 cm³/mol. The van der Waals surface area contributed by atoms with Gasteiger partial charge in [-0.25, -0.2) is 0 Å². The molecule has 0 saturated carbocycles. The number of rotatable bonds is 2. The van der Waals surface area contributed by atoms with Crippen LogP contribution in [0.2, 0.25) is 0 Å². The van der Waals surface area contributed by atoms with E-state index in [4.69, 9.17) is 10.8 Å². The van der Waals surface area contributed by atoms with Crippen molar-refractivity contribution in [3.05, 3.63) is 12.3 Å². The molecule has 0 heterocycles. The van der Waals surface area contributed by atoms with Gasteiger partial charge < -0.3 is 10.8 Å². The van der Waals surface area contributed by atoms with Crippen LogP contribution in [0, 0.1) is 0 Å². The van der Waals surface area contributed by atoms with Crippen LogP contribution in [0.4, 0.5) is 0 Å². The number of nitrogens with two attached hydrogens (primary N) is 1. The Kier molecular flexibility index (Phi) is 2.45. The third kappa shape index (κ3) is 2.23. The van der Waals surface area contributed by atoms with E-state index < -0.39 is 6.10 Å². The molecule has 0 rings (SSSR count). The molecule has 0 bridgehead atoms. The van der Waals surface area contributed by atoms with Crippen molar-refractivity contribution in [2.75, 3.05) is 0 Å². The second-order valence-electron chi connectivity index (χ2n) is 1.50. The average Bonchev–Trinajstić information content (AvgIpc) is 1.65. The first-order valence-corrected chi connectivity index (χ1v) is 2.30. The molecular formula is C5H11NO. The largest absolute Gasteiger partial charge is 0.400 e. The molecule has 0 radical (unpaired) electrons. The van der Waals surface area contributed by atoms with Crippen LogP contribution in [-0.2, 0) is 0 Å². The van der Waals surface area contributed by atoms with E-state index in [1.54, 1.807) is 0 Å². The zero-order valence-electron chi connectivity index (χ0n) is 4.52. The highest BCUT2D eigenvalue weighted by Crippen LogP contribution is 1.93. The third-order valence-electron chi connectivity index (χ3n) is 0.815. The van der Waals surface area contributed by atoms with Crippen molar-refractivity contribution in [1.82, 2.24) is 0 Å². The smallest absolute Gasteiger partial charge is 0.0923 e. The first-order chi connectivity index (χ1) is 3.18. The van der Waals surface area contributed by atoms with E-state index in [2.05, 4.69) is 6.58 Å². The normalized spacial score (nSPS) is 13.4. The lowest BCUT2D eigenvalue weighted by Gasteiger charge is -2.03. The Labute approximate surface area is 43.6 Å². The van der Waals surface area contributed by atoms with Crippen molar-refractivity contribution in [2.45, 2.75) is 19.4 Å². The van der Waals surface area contributed by atoms with Crippen molar-refractivity contribution in [2.24, 2.45) is 5.73 Å². The Bertz CT molecular complexity index is 70.5. The fourth-order valence-corrected chi connectivity index (χ4v) is 0.262. The fraction of sp³-hybridized carbons (Fsp3) is 0.600. The maximum atomic E-state index is 8.71. The zero-order chi connectivity index (χ0) is 5.86. The molecule has 0 aliphatic carbocycles. The van der Waals surface area contributed by atoms with Gasteiger partial charge in [-0.15, -0.1) is 0 Å². The number of aliphatic hydroxyl groups excluding tert-OH is 1. The molecule has 0 amide bonds. The van der Waals surface area contributed by atoms with Gasteiger partial charge in [0, 0.05) is 5.70 Å². The minimum atomic E-state index is -0.514. The van der Waals surface area contributed by atoms with Crippen molar-refractivity contribution >= 4 is 0 Å². The van der Waals surface area contributed by atoms with Gasteiger partial charge in [-0.3, -0.25) is 0 Å². The number of aliphatic hydroxyl groups is 1. The van der Waals surface area contributed by atoms with Crippen LogP contribution in [0.1, 0.15) is 13.3 Å². The van der Waals surface area contributed by atoms with Gasteiger partial charge in [0.15, 0.2) is 0 Å². The Balaban J connectivity index is 3.34. The van der Waals surface area contributed by atoms with Crippen LogP contribution >= 0.6 is 0 Å². The molecule has 3 N–H and O–H groups in total. The number of hydrogen-bond acceptors (Lipinski definition) is 2. The summed E-state index contributed by atoms with van der Waals surface area (Å²) >= 11 is 0. The summed E-state index contributed by atoms with van der Waals surface area (Å²) in [7, 11) is 0. The Morgan fingerprint density at radius 3 is 2.43 bits per heavy atom. The molecule has 1 atom stereocenters. The maximum Gasteiger partial charge on any atom is 0.0923 e. The molecule has 0 fully saturated rings. The Hall–Kier alpha value is -0.500. The second kappa shape index (κ2) is 2.64. The average molecular weight is 101 g/mol. The standard InChI is InChI=1S/C5H11NO/c1-3-5(7)4(2)6/h5,7H,2-3,6H2,1H3. The molecule has 0 aliphatic rings. The highest BCUT2D eigenvalue weighted by atomic mass is 16.3. The maximum absolute atomic E-state index is 8.71. The van der Waals surface area contributed by atoms with E-state index in [1.165, 1.54) is 0 Å². The van der Waals surface area contributed by atoms with Crippen molar-refractivity contribution < 1.29 is 5.11 Å². The summed E-state index contributed by atoms with van der Waals surface area (Å²) in [5.74, 6) is 0. The molecule has 0 aliphatic heterocycles. The highest BCUT2D eigenvalue weighted by molar-refractivity contribution is 4.93. The van der Waals surface area contributed by atoms with Crippen LogP contribution < -0.4 is 5.73 Å². The van der Waals surface area contributed by atoms with E-state index >= 15 is 0 Å². The molecule has 0 aromatic carbocycles. The third-order valence-corrected chi connectivity index (χ3v) is 0.815.